The van der Waals surface area contributed by atoms with Crippen LogP contribution < -0.4 is 11.1 Å². The first-order chi connectivity index (χ1) is 14.0. The van der Waals surface area contributed by atoms with E-state index in [-0.39, 0.29) is 17.4 Å². The summed E-state index contributed by atoms with van der Waals surface area (Å²) in [6.45, 7) is 3.98. The van der Waals surface area contributed by atoms with E-state index in [0.29, 0.717) is 16.6 Å². The number of rotatable bonds is 4. The zero-order chi connectivity index (χ0) is 20.5. The fraction of sp³-hybridized carbons (Fsp3) is 0.150. The summed E-state index contributed by atoms with van der Waals surface area (Å²) in [5.74, 6) is 0.495. The van der Waals surface area contributed by atoms with E-state index < -0.39 is 0 Å². The van der Waals surface area contributed by atoms with E-state index in [9.17, 15) is 5.26 Å². The molecule has 4 rings (SSSR count). The first-order valence-electron chi connectivity index (χ1n) is 8.87. The molecule has 3 N–H and O–H groups in total. The van der Waals surface area contributed by atoms with Gasteiger partial charge in [-0.25, -0.2) is 19.5 Å². The zero-order valence-electron chi connectivity index (χ0n) is 15.8. The molecule has 0 fully saturated rings. The molecule has 4 aromatic rings. The lowest BCUT2D eigenvalue weighted by Gasteiger charge is -2.20. The first kappa shape index (κ1) is 18.7. The maximum Gasteiger partial charge on any atom is 0.155 e. The average Bonchev–Trinajstić information content (AvgIpc) is 3.08. The van der Waals surface area contributed by atoms with Crippen LogP contribution in [0.4, 0.5) is 11.6 Å². The van der Waals surface area contributed by atoms with E-state index in [0.717, 1.165) is 22.4 Å². The topological polar surface area (TPSA) is 118 Å². The van der Waals surface area contributed by atoms with Crippen molar-refractivity contribution in [3.63, 3.8) is 0 Å². The summed E-state index contributed by atoms with van der Waals surface area (Å²) in [7, 11) is 0. The molecular weight excluding hydrogens is 388 g/mol. The number of hydrogen-bond donors (Lipinski definition) is 2. The predicted molar refractivity (Wildman–Crippen MR) is 111 cm³/mol. The summed E-state index contributed by atoms with van der Waals surface area (Å²) in [4.78, 5) is 12.4. The number of nitrogens with zero attached hydrogens (tertiary/aromatic N) is 6. The summed E-state index contributed by atoms with van der Waals surface area (Å²) < 4.78 is 1.60. The highest BCUT2D eigenvalue weighted by Crippen LogP contribution is 2.32. The van der Waals surface area contributed by atoms with Crippen molar-refractivity contribution in [3.05, 3.63) is 64.7 Å². The number of nitriles is 1. The molecule has 0 amide bonds. The molecule has 0 aliphatic heterocycles. The molecular formula is C20H17ClN8. The molecule has 1 atom stereocenters. The molecule has 1 unspecified atom stereocenters. The van der Waals surface area contributed by atoms with E-state index in [4.69, 9.17) is 22.4 Å². The second-order valence-corrected chi connectivity index (χ2v) is 6.96. The monoisotopic (exact) mass is 404 g/mol. The van der Waals surface area contributed by atoms with Crippen molar-refractivity contribution in [1.82, 2.24) is 24.6 Å². The van der Waals surface area contributed by atoms with Crippen molar-refractivity contribution in [2.75, 3.05) is 11.1 Å². The van der Waals surface area contributed by atoms with Crippen LogP contribution in [0.1, 0.15) is 29.7 Å². The van der Waals surface area contributed by atoms with Gasteiger partial charge in [0.1, 0.15) is 29.6 Å². The van der Waals surface area contributed by atoms with Gasteiger partial charge in [-0.05, 0) is 25.5 Å². The van der Waals surface area contributed by atoms with Gasteiger partial charge in [0.2, 0.25) is 0 Å². The van der Waals surface area contributed by atoms with Gasteiger partial charge in [0.05, 0.1) is 17.9 Å². The number of aromatic nitrogens is 5. The molecule has 29 heavy (non-hydrogen) atoms. The summed E-state index contributed by atoms with van der Waals surface area (Å²) in [5, 5.41) is 17.8. The maximum atomic E-state index is 9.41. The predicted octanol–water partition coefficient (Wildman–Crippen LogP) is 3.78. The number of benzene rings is 1. The van der Waals surface area contributed by atoms with Crippen LogP contribution in [0.2, 0.25) is 5.15 Å². The van der Waals surface area contributed by atoms with Crippen LogP contribution in [-0.2, 0) is 0 Å². The van der Waals surface area contributed by atoms with Gasteiger partial charge in [-0.1, -0.05) is 35.9 Å². The van der Waals surface area contributed by atoms with Crippen LogP contribution in [0.5, 0.6) is 0 Å². The number of hydrogen-bond acceptors (Lipinski definition) is 7. The third kappa shape index (κ3) is 3.32. The van der Waals surface area contributed by atoms with Gasteiger partial charge in [-0.2, -0.15) is 10.4 Å². The Hall–Kier alpha value is -3.70. The van der Waals surface area contributed by atoms with Gasteiger partial charge in [0.25, 0.3) is 0 Å². The number of nitrogens with two attached hydrogens (primary N) is 1. The fourth-order valence-corrected chi connectivity index (χ4v) is 3.35. The van der Waals surface area contributed by atoms with E-state index in [1.165, 1.54) is 6.33 Å². The Labute approximate surface area is 172 Å². The number of anilines is 2. The minimum absolute atomic E-state index is 0.130. The lowest BCUT2D eigenvalue weighted by atomic mass is 9.98. The van der Waals surface area contributed by atoms with Crippen molar-refractivity contribution in [3.8, 4) is 17.3 Å². The SMILES string of the molecule is Cc1ccccc1-c1nn2c(Cl)cnc2cc1C(C)Nc1ncnc(N)c1C#N. The quantitative estimate of drug-likeness (QED) is 0.531. The molecule has 0 saturated heterocycles. The van der Waals surface area contributed by atoms with Crippen molar-refractivity contribution >= 4 is 28.9 Å². The summed E-state index contributed by atoms with van der Waals surface area (Å²) in [6, 6.07) is 11.7. The van der Waals surface area contributed by atoms with Gasteiger partial charge in [-0.3, -0.25) is 0 Å². The second-order valence-electron chi connectivity index (χ2n) is 6.57. The first-order valence-corrected chi connectivity index (χ1v) is 9.24. The Morgan fingerprint density at radius 2 is 2.03 bits per heavy atom. The van der Waals surface area contributed by atoms with Crippen LogP contribution >= 0.6 is 11.6 Å². The summed E-state index contributed by atoms with van der Waals surface area (Å²) in [6.07, 6.45) is 2.88. The summed E-state index contributed by atoms with van der Waals surface area (Å²) in [5.41, 5.74) is 10.3. The Morgan fingerprint density at radius 3 is 2.79 bits per heavy atom. The van der Waals surface area contributed by atoms with Gasteiger partial charge in [-0.15, -0.1) is 0 Å². The van der Waals surface area contributed by atoms with Crippen molar-refractivity contribution in [2.24, 2.45) is 0 Å². The average molecular weight is 405 g/mol. The lowest BCUT2D eigenvalue weighted by Crippen LogP contribution is -2.14. The maximum absolute atomic E-state index is 9.41. The lowest BCUT2D eigenvalue weighted by molar-refractivity contribution is 0.839. The zero-order valence-corrected chi connectivity index (χ0v) is 16.5. The van der Waals surface area contributed by atoms with Crippen molar-refractivity contribution in [2.45, 2.75) is 19.9 Å². The van der Waals surface area contributed by atoms with Gasteiger partial charge in [0.15, 0.2) is 10.8 Å². The number of fused-ring (bicyclic) bond motifs is 1. The molecule has 8 nitrogen and oxygen atoms in total. The number of nitrogens with one attached hydrogen (secondary N) is 1. The standard InChI is InChI=1S/C20H17ClN8/c1-11-5-3-4-6-13(11)18-14(7-17-24-9-16(21)29(17)28-18)12(2)27-20-15(8-22)19(23)25-10-26-20/h3-7,9-10,12H,1-2H3,(H3,23,25,26,27). The van der Waals surface area contributed by atoms with Crippen molar-refractivity contribution in [1.29, 1.82) is 5.26 Å². The van der Waals surface area contributed by atoms with E-state index >= 15 is 0 Å². The molecule has 3 aromatic heterocycles. The van der Waals surface area contributed by atoms with Crippen LogP contribution in [0.3, 0.4) is 0 Å². The Morgan fingerprint density at radius 1 is 1.24 bits per heavy atom. The smallest absolute Gasteiger partial charge is 0.155 e. The van der Waals surface area contributed by atoms with E-state index in [1.54, 1.807) is 10.7 Å². The van der Waals surface area contributed by atoms with Gasteiger partial charge in [0, 0.05) is 11.1 Å². The van der Waals surface area contributed by atoms with E-state index in [1.807, 2.05) is 50.2 Å². The van der Waals surface area contributed by atoms with Gasteiger partial charge >= 0.3 is 0 Å². The minimum Gasteiger partial charge on any atom is -0.382 e. The third-order valence-electron chi connectivity index (χ3n) is 4.69. The number of nitrogen functional groups attached to an aromatic ring is 1. The van der Waals surface area contributed by atoms with Crippen LogP contribution in [0, 0.1) is 18.3 Å². The molecule has 0 bridgehead atoms. The number of aryl methyl sites for hydroxylation is 1. The molecule has 1 aromatic carbocycles. The third-order valence-corrected chi connectivity index (χ3v) is 4.95. The van der Waals surface area contributed by atoms with Crippen molar-refractivity contribution < 1.29 is 0 Å². The molecule has 0 aliphatic rings. The molecule has 0 spiro atoms. The Kier molecular flexibility index (Phi) is 4.74. The highest BCUT2D eigenvalue weighted by molar-refractivity contribution is 6.29. The molecule has 0 saturated carbocycles. The second kappa shape index (κ2) is 7.37. The molecule has 0 aliphatic carbocycles. The highest BCUT2D eigenvalue weighted by Gasteiger charge is 2.20. The number of imidazole rings is 1. The molecule has 0 radical (unpaired) electrons. The minimum atomic E-state index is -0.251. The normalized spacial score (nSPS) is 11.9. The highest BCUT2D eigenvalue weighted by atomic mass is 35.5. The number of halogens is 1. The Balaban J connectivity index is 1.87. The van der Waals surface area contributed by atoms with Crippen LogP contribution in [-0.4, -0.2) is 24.6 Å². The largest absolute Gasteiger partial charge is 0.382 e. The summed E-state index contributed by atoms with van der Waals surface area (Å²) >= 11 is 6.25. The van der Waals surface area contributed by atoms with Crippen LogP contribution in [0.15, 0.2) is 42.9 Å². The van der Waals surface area contributed by atoms with E-state index in [2.05, 4.69) is 20.3 Å². The van der Waals surface area contributed by atoms with Gasteiger partial charge < -0.3 is 11.1 Å². The molecule has 9 heteroatoms. The van der Waals surface area contributed by atoms with Crippen LogP contribution in [0.25, 0.3) is 16.9 Å². The Bertz CT molecular complexity index is 1260. The fourth-order valence-electron chi connectivity index (χ4n) is 3.18. The molecule has 3 heterocycles. The molecule has 144 valence electrons.